The molecule has 0 amide bonds. The summed E-state index contributed by atoms with van der Waals surface area (Å²) in [6.45, 7) is 0. The van der Waals surface area contributed by atoms with E-state index in [1.807, 2.05) is 42.5 Å². The Morgan fingerprint density at radius 3 is 2.37 bits per heavy atom. The second-order valence-corrected chi connectivity index (χ2v) is 4.53. The summed E-state index contributed by atoms with van der Waals surface area (Å²) in [4.78, 5) is 5.65. The van der Waals surface area contributed by atoms with Crippen LogP contribution in [0.3, 0.4) is 0 Å². The van der Waals surface area contributed by atoms with Crippen molar-refractivity contribution in [1.82, 2.24) is 4.98 Å². The van der Waals surface area contributed by atoms with Crippen LogP contribution < -0.4 is 29.6 Å². The number of thiophene rings is 1. The topological polar surface area (TPSA) is 60.5 Å². The molecule has 0 bridgehead atoms. The zero-order valence-electron chi connectivity index (χ0n) is 10.4. The van der Waals surface area contributed by atoms with Crippen molar-refractivity contribution in [2.75, 3.05) is 0 Å². The molecule has 5 heteroatoms. The molecule has 0 fully saturated rings. The van der Waals surface area contributed by atoms with Crippen LogP contribution in [0.5, 0.6) is 0 Å². The van der Waals surface area contributed by atoms with Crippen molar-refractivity contribution in [3.05, 3.63) is 57.9 Å². The van der Waals surface area contributed by atoms with Gasteiger partial charge in [-0.15, -0.1) is 10.9 Å². The average Bonchev–Trinajstić information content (AvgIpc) is 2.88. The molecule has 0 aromatic carbocycles. The summed E-state index contributed by atoms with van der Waals surface area (Å²) in [5.74, 6) is 0.156. The van der Waals surface area contributed by atoms with Crippen molar-refractivity contribution in [3.8, 4) is 12.1 Å². The zero-order valence-corrected chi connectivity index (χ0v) is 13.2. The van der Waals surface area contributed by atoms with E-state index in [0.717, 1.165) is 10.4 Å². The standard InChI is InChI=1S/C14H8N3S.Na/c15-9-12(10-16)14-4-3-13(18-14)2-1-11-5-7-17-8-6-11;/h1-8H;/q-1;+1/b2-1+;. The SMILES string of the molecule is N#C[C-](C#N)c1ccc(/C=C/c2ccncc2)s1.[Na+]. The maximum absolute atomic E-state index is 8.77. The van der Waals surface area contributed by atoms with E-state index in [-0.39, 0.29) is 35.5 Å². The number of hydrogen-bond donors (Lipinski definition) is 0. The van der Waals surface area contributed by atoms with Gasteiger partial charge >= 0.3 is 29.6 Å². The Labute approximate surface area is 138 Å². The van der Waals surface area contributed by atoms with Crippen molar-refractivity contribution in [2.45, 2.75) is 0 Å². The van der Waals surface area contributed by atoms with Crippen LogP contribution in [0.15, 0.2) is 36.7 Å². The summed E-state index contributed by atoms with van der Waals surface area (Å²) < 4.78 is 0. The molecule has 2 rings (SSSR count). The number of nitriles is 2. The maximum Gasteiger partial charge on any atom is 1.00 e. The first-order chi connectivity index (χ1) is 8.83. The van der Waals surface area contributed by atoms with Gasteiger partial charge in [-0.05, 0) is 29.7 Å². The summed E-state index contributed by atoms with van der Waals surface area (Å²) in [5, 5.41) is 17.5. The zero-order chi connectivity index (χ0) is 12.8. The van der Waals surface area contributed by atoms with Gasteiger partial charge in [-0.1, -0.05) is 6.08 Å². The number of aromatic nitrogens is 1. The molecule has 0 aliphatic carbocycles. The second-order valence-electron chi connectivity index (χ2n) is 3.41. The van der Waals surface area contributed by atoms with E-state index < -0.39 is 0 Å². The molecule has 0 N–H and O–H groups in total. The monoisotopic (exact) mass is 273 g/mol. The first-order valence-corrected chi connectivity index (χ1v) is 6.00. The van der Waals surface area contributed by atoms with Gasteiger partial charge in [0, 0.05) is 29.4 Å². The Bertz CT molecular complexity index is 621. The number of nitrogens with zero attached hydrogens (tertiary/aromatic N) is 3. The molecular formula is C14H8N3NaS. The molecule has 2 heterocycles. The Kier molecular flexibility index (Phi) is 6.35. The third-order valence-corrected chi connectivity index (χ3v) is 3.31. The molecule has 0 aliphatic rings. The third-order valence-electron chi connectivity index (χ3n) is 2.24. The van der Waals surface area contributed by atoms with Crippen LogP contribution in [0.2, 0.25) is 0 Å². The van der Waals surface area contributed by atoms with Gasteiger partial charge in [0.2, 0.25) is 0 Å². The summed E-state index contributed by atoms with van der Waals surface area (Å²) >= 11 is 1.42. The van der Waals surface area contributed by atoms with Crippen LogP contribution in [-0.4, -0.2) is 4.98 Å². The van der Waals surface area contributed by atoms with E-state index in [0.29, 0.717) is 4.88 Å². The van der Waals surface area contributed by atoms with Gasteiger partial charge in [0.05, 0.1) is 0 Å². The van der Waals surface area contributed by atoms with Gasteiger partial charge in [-0.25, -0.2) is 10.5 Å². The molecule has 0 aliphatic heterocycles. The van der Waals surface area contributed by atoms with E-state index in [2.05, 4.69) is 4.98 Å². The molecule has 0 radical (unpaired) electrons. The first kappa shape index (κ1) is 15.5. The number of rotatable bonds is 3. The first-order valence-electron chi connectivity index (χ1n) is 5.19. The van der Waals surface area contributed by atoms with Crippen molar-refractivity contribution in [3.63, 3.8) is 0 Å². The normalized spacial score (nSPS) is 9.37. The molecule has 19 heavy (non-hydrogen) atoms. The van der Waals surface area contributed by atoms with Gasteiger partial charge in [0.1, 0.15) is 0 Å². The molecule has 0 saturated heterocycles. The minimum atomic E-state index is 0. The maximum atomic E-state index is 8.77. The predicted molar refractivity (Wildman–Crippen MR) is 71.1 cm³/mol. The molecule has 86 valence electrons. The minimum Gasteiger partial charge on any atom is -0.265 e. The van der Waals surface area contributed by atoms with E-state index in [1.165, 1.54) is 11.3 Å². The van der Waals surface area contributed by atoms with E-state index in [1.54, 1.807) is 18.5 Å². The van der Waals surface area contributed by atoms with Crippen LogP contribution in [0.25, 0.3) is 12.2 Å². The second kappa shape index (κ2) is 7.78. The van der Waals surface area contributed by atoms with Crippen molar-refractivity contribution >= 4 is 23.5 Å². The van der Waals surface area contributed by atoms with Gasteiger partial charge in [0.15, 0.2) is 0 Å². The average molecular weight is 273 g/mol. The van der Waals surface area contributed by atoms with Gasteiger partial charge in [-0.2, -0.15) is 17.4 Å². The van der Waals surface area contributed by atoms with Crippen LogP contribution in [0, 0.1) is 28.6 Å². The van der Waals surface area contributed by atoms with Crippen molar-refractivity contribution in [2.24, 2.45) is 0 Å². The van der Waals surface area contributed by atoms with E-state index in [4.69, 9.17) is 10.5 Å². The molecule has 2 aromatic rings. The Morgan fingerprint density at radius 2 is 1.74 bits per heavy atom. The van der Waals surface area contributed by atoms with E-state index in [9.17, 15) is 0 Å². The van der Waals surface area contributed by atoms with Gasteiger partial charge in [-0.3, -0.25) is 4.98 Å². The summed E-state index contributed by atoms with van der Waals surface area (Å²) in [6.07, 6.45) is 7.39. The Morgan fingerprint density at radius 1 is 1.05 bits per heavy atom. The predicted octanol–water partition coefficient (Wildman–Crippen LogP) is 0.287. The van der Waals surface area contributed by atoms with Crippen LogP contribution in [-0.2, 0) is 0 Å². The van der Waals surface area contributed by atoms with Crippen molar-refractivity contribution < 1.29 is 29.6 Å². The fraction of sp³-hybridized carbons (Fsp3) is 0. The van der Waals surface area contributed by atoms with Crippen molar-refractivity contribution in [1.29, 1.82) is 10.5 Å². The third kappa shape index (κ3) is 4.24. The summed E-state index contributed by atoms with van der Waals surface area (Å²) in [7, 11) is 0. The van der Waals surface area contributed by atoms with Crippen LogP contribution in [0.4, 0.5) is 0 Å². The molecule has 0 atom stereocenters. The fourth-order valence-corrected chi connectivity index (χ4v) is 2.22. The van der Waals surface area contributed by atoms with Crippen LogP contribution in [0.1, 0.15) is 15.3 Å². The summed E-state index contributed by atoms with van der Waals surface area (Å²) in [5.41, 5.74) is 1.06. The molecule has 0 saturated carbocycles. The molecular weight excluding hydrogens is 265 g/mol. The minimum absolute atomic E-state index is 0. The van der Waals surface area contributed by atoms with E-state index >= 15 is 0 Å². The van der Waals surface area contributed by atoms with Crippen LogP contribution >= 0.6 is 11.3 Å². The Hall–Kier alpha value is -1.56. The smallest absolute Gasteiger partial charge is 0.265 e. The molecule has 3 nitrogen and oxygen atoms in total. The van der Waals surface area contributed by atoms with Gasteiger partial charge in [0.25, 0.3) is 0 Å². The number of pyridine rings is 1. The fourth-order valence-electron chi connectivity index (χ4n) is 1.36. The molecule has 0 spiro atoms. The molecule has 2 aromatic heterocycles. The van der Waals surface area contributed by atoms with Gasteiger partial charge < -0.3 is 0 Å². The summed E-state index contributed by atoms with van der Waals surface area (Å²) in [6, 6.07) is 11.3. The number of hydrogen-bond acceptors (Lipinski definition) is 4. The molecule has 0 unspecified atom stereocenters. The largest absolute Gasteiger partial charge is 1.00 e. The quantitative estimate of drug-likeness (QED) is 0.596. The Balaban J connectivity index is 0.00000180.